The van der Waals surface area contributed by atoms with E-state index in [1.165, 1.54) is 0 Å². The summed E-state index contributed by atoms with van der Waals surface area (Å²) in [6.07, 6.45) is 0. The van der Waals surface area contributed by atoms with Crippen molar-refractivity contribution in [1.82, 2.24) is 0 Å². The first-order valence-corrected chi connectivity index (χ1v) is 7.62. The van der Waals surface area contributed by atoms with Gasteiger partial charge in [0.15, 0.2) is 11.5 Å². The highest BCUT2D eigenvalue weighted by Gasteiger charge is 2.12. The summed E-state index contributed by atoms with van der Waals surface area (Å²) in [6, 6.07) is 10.6. The van der Waals surface area contributed by atoms with Gasteiger partial charge in [0.1, 0.15) is 0 Å². The van der Waals surface area contributed by atoms with Gasteiger partial charge in [-0.25, -0.2) is 0 Å². The number of halogens is 2. The van der Waals surface area contributed by atoms with Crippen molar-refractivity contribution in [3.05, 3.63) is 50.9 Å². The van der Waals surface area contributed by atoms with Gasteiger partial charge < -0.3 is 14.8 Å². The summed E-state index contributed by atoms with van der Waals surface area (Å²) >= 11 is 6.72. The van der Waals surface area contributed by atoms with Gasteiger partial charge in [0.05, 0.1) is 19.8 Å². The lowest BCUT2D eigenvalue weighted by atomic mass is 10.2. The largest absolute Gasteiger partial charge is 0.493 e. The molecule has 0 radical (unpaired) electrons. The van der Waals surface area contributed by atoms with Crippen molar-refractivity contribution in [3.8, 4) is 11.5 Å². The molecule has 110 valence electrons. The molecule has 2 aromatic carbocycles. The molecule has 0 fully saturated rings. The second-order valence-corrected chi connectivity index (χ2v) is 5.92. The van der Waals surface area contributed by atoms with E-state index in [9.17, 15) is 4.79 Å². The van der Waals surface area contributed by atoms with Crippen LogP contribution in [0.4, 0.5) is 5.69 Å². The van der Waals surface area contributed by atoms with E-state index in [0.29, 0.717) is 22.7 Å². The summed E-state index contributed by atoms with van der Waals surface area (Å²) in [6.45, 7) is 0. The van der Waals surface area contributed by atoms with E-state index in [4.69, 9.17) is 9.47 Å². The van der Waals surface area contributed by atoms with E-state index in [2.05, 4.69) is 37.2 Å². The van der Waals surface area contributed by atoms with Crippen molar-refractivity contribution < 1.29 is 14.3 Å². The Morgan fingerprint density at radius 3 is 2.38 bits per heavy atom. The van der Waals surface area contributed by atoms with E-state index in [1.807, 2.05) is 12.1 Å². The number of carbonyl (C=O) groups excluding carboxylic acids is 1. The molecule has 21 heavy (non-hydrogen) atoms. The average molecular weight is 415 g/mol. The molecule has 4 nitrogen and oxygen atoms in total. The van der Waals surface area contributed by atoms with Crippen molar-refractivity contribution in [2.45, 2.75) is 0 Å². The zero-order chi connectivity index (χ0) is 15.4. The van der Waals surface area contributed by atoms with Crippen LogP contribution in [0.1, 0.15) is 10.4 Å². The maximum absolute atomic E-state index is 12.3. The highest BCUT2D eigenvalue weighted by atomic mass is 79.9. The van der Waals surface area contributed by atoms with Crippen molar-refractivity contribution >= 4 is 43.5 Å². The second-order valence-electron chi connectivity index (χ2n) is 4.15. The van der Waals surface area contributed by atoms with Crippen LogP contribution in [0, 0.1) is 0 Å². The van der Waals surface area contributed by atoms with Crippen LogP contribution in [0.5, 0.6) is 11.5 Å². The number of anilines is 1. The fourth-order valence-corrected chi connectivity index (χ4v) is 2.57. The Morgan fingerprint density at radius 1 is 1.00 bits per heavy atom. The van der Waals surface area contributed by atoms with Gasteiger partial charge in [0, 0.05) is 20.7 Å². The van der Waals surface area contributed by atoms with E-state index in [0.717, 1.165) is 8.95 Å². The van der Waals surface area contributed by atoms with Crippen molar-refractivity contribution in [3.63, 3.8) is 0 Å². The molecule has 0 bridgehead atoms. The molecule has 1 amide bonds. The van der Waals surface area contributed by atoms with E-state index in [-0.39, 0.29) is 5.91 Å². The minimum Gasteiger partial charge on any atom is -0.493 e. The Morgan fingerprint density at radius 2 is 1.71 bits per heavy atom. The Bertz CT molecular complexity index is 674. The molecule has 0 aromatic heterocycles. The van der Waals surface area contributed by atoms with Crippen LogP contribution < -0.4 is 14.8 Å². The van der Waals surface area contributed by atoms with Gasteiger partial charge in [0.2, 0.25) is 0 Å². The Hall–Kier alpha value is -1.53. The summed E-state index contributed by atoms with van der Waals surface area (Å²) in [4.78, 5) is 12.3. The summed E-state index contributed by atoms with van der Waals surface area (Å²) in [5, 5.41) is 2.83. The summed E-state index contributed by atoms with van der Waals surface area (Å²) < 4.78 is 11.9. The van der Waals surface area contributed by atoms with Gasteiger partial charge >= 0.3 is 0 Å². The van der Waals surface area contributed by atoms with Gasteiger partial charge in [-0.3, -0.25) is 4.79 Å². The van der Waals surface area contributed by atoms with Gasteiger partial charge in [-0.15, -0.1) is 0 Å². The molecule has 2 rings (SSSR count). The lowest BCUT2D eigenvalue weighted by Gasteiger charge is -2.11. The maximum atomic E-state index is 12.3. The fourth-order valence-electron chi connectivity index (χ4n) is 1.78. The number of nitrogens with one attached hydrogen (secondary N) is 1. The van der Waals surface area contributed by atoms with Gasteiger partial charge in [-0.2, -0.15) is 0 Å². The van der Waals surface area contributed by atoms with Crippen LogP contribution in [0.15, 0.2) is 45.3 Å². The third-order valence-corrected chi connectivity index (χ3v) is 4.00. The number of hydrogen-bond donors (Lipinski definition) is 1. The lowest BCUT2D eigenvalue weighted by molar-refractivity contribution is 0.102. The molecule has 2 aromatic rings. The molecule has 0 aliphatic carbocycles. The van der Waals surface area contributed by atoms with Crippen LogP contribution in [0.3, 0.4) is 0 Å². The third kappa shape index (κ3) is 3.77. The quantitative estimate of drug-likeness (QED) is 0.802. The standard InChI is InChI=1S/C15H13Br2NO3/c1-20-13-6-4-10(8-14(13)21-2)18-15(19)11-7-9(16)3-5-12(11)17/h3-8H,1-2H3,(H,18,19). The minimum absolute atomic E-state index is 0.213. The summed E-state index contributed by atoms with van der Waals surface area (Å²) in [5.41, 5.74) is 1.17. The molecule has 0 aliphatic rings. The molecular weight excluding hydrogens is 402 g/mol. The van der Waals surface area contributed by atoms with Crippen LogP contribution in [-0.2, 0) is 0 Å². The first-order chi connectivity index (χ1) is 10.0. The van der Waals surface area contributed by atoms with Crippen LogP contribution in [-0.4, -0.2) is 20.1 Å². The Balaban J connectivity index is 2.25. The number of rotatable bonds is 4. The lowest BCUT2D eigenvalue weighted by Crippen LogP contribution is -2.12. The molecule has 0 heterocycles. The first kappa shape index (κ1) is 15.9. The van der Waals surface area contributed by atoms with Gasteiger partial charge in [-0.1, -0.05) is 15.9 Å². The van der Waals surface area contributed by atoms with E-state index >= 15 is 0 Å². The number of methoxy groups -OCH3 is 2. The van der Waals surface area contributed by atoms with Crippen LogP contribution in [0.2, 0.25) is 0 Å². The molecule has 6 heteroatoms. The molecule has 0 saturated heterocycles. The zero-order valence-corrected chi connectivity index (χ0v) is 14.6. The molecule has 0 saturated carbocycles. The molecule has 0 spiro atoms. The number of ether oxygens (including phenoxy) is 2. The van der Waals surface area contributed by atoms with Crippen LogP contribution in [0.25, 0.3) is 0 Å². The highest BCUT2D eigenvalue weighted by molar-refractivity contribution is 9.11. The fraction of sp³-hybridized carbons (Fsp3) is 0.133. The molecular formula is C15H13Br2NO3. The molecule has 0 atom stereocenters. The maximum Gasteiger partial charge on any atom is 0.256 e. The monoisotopic (exact) mass is 413 g/mol. The van der Waals surface area contributed by atoms with Crippen molar-refractivity contribution in [1.29, 1.82) is 0 Å². The SMILES string of the molecule is COc1ccc(NC(=O)c2cc(Br)ccc2Br)cc1OC. The Labute approximate surface area is 139 Å². The highest BCUT2D eigenvalue weighted by Crippen LogP contribution is 2.30. The Kier molecular flexibility index (Phi) is 5.25. The molecule has 0 unspecified atom stereocenters. The number of hydrogen-bond acceptors (Lipinski definition) is 3. The van der Waals surface area contributed by atoms with Gasteiger partial charge in [0.25, 0.3) is 5.91 Å². The van der Waals surface area contributed by atoms with Crippen LogP contribution >= 0.6 is 31.9 Å². The topological polar surface area (TPSA) is 47.6 Å². The number of amides is 1. The smallest absolute Gasteiger partial charge is 0.256 e. The summed E-state index contributed by atoms with van der Waals surface area (Å²) in [5.74, 6) is 0.957. The van der Waals surface area contributed by atoms with E-state index in [1.54, 1.807) is 38.5 Å². The minimum atomic E-state index is -0.213. The predicted molar refractivity (Wildman–Crippen MR) is 89.3 cm³/mol. The number of benzene rings is 2. The van der Waals surface area contributed by atoms with Crippen molar-refractivity contribution in [2.24, 2.45) is 0 Å². The van der Waals surface area contributed by atoms with Crippen molar-refractivity contribution in [2.75, 3.05) is 19.5 Å². The average Bonchev–Trinajstić information content (AvgIpc) is 2.49. The normalized spacial score (nSPS) is 10.1. The summed E-state index contributed by atoms with van der Waals surface area (Å²) in [7, 11) is 3.11. The first-order valence-electron chi connectivity index (χ1n) is 6.03. The van der Waals surface area contributed by atoms with Gasteiger partial charge in [-0.05, 0) is 46.3 Å². The zero-order valence-electron chi connectivity index (χ0n) is 11.4. The third-order valence-electron chi connectivity index (χ3n) is 2.81. The molecule has 0 aliphatic heterocycles. The molecule has 1 N–H and O–H groups in total. The second kappa shape index (κ2) is 6.95. The number of carbonyl (C=O) groups is 1. The predicted octanol–water partition coefficient (Wildman–Crippen LogP) is 4.48. The van der Waals surface area contributed by atoms with E-state index < -0.39 is 0 Å².